The van der Waals surface area contributed by atoms with Gasteiger partial charge >= 0.3 is 0 Å². The summed E-state index contributed by atoms with van der Waals surface area (Å²) >= 11 is 5.95. The molecule has 0 aromatic heterocycles. The van der Waals surface area contributed by atoms with Crippen molar-refractivity contribution in [1.29, 1.82) is 0 Å². The largest absolute Gasteiger partial charge is 0.383 e. The van der Waals surface area contributed by atoms with Gasteiger partial charge in [-0.25, -0.2) is 0 Å². The van der Waals surface area contributed by atoms with Gasteiger partial charge in [0.15, 0.2) is 5.78 Å². The van der Waals surface area contributed by atoms with Gasteiger partial charge in [-0.15, -0.1) is 0 Å². The molecule has 1 atom stereocenters. The van der Waals surface area contributed by atoms with Crippen LogP contribution in [0.25, 0.3) is 0 Å². The molecule has 0 saturated heterocycles. The van der Waals surface area contributed by atoms with E-state index in [4.69, 9.17) is 11.6 Å². The van der Waals surface area contributed by atoms with E-state index >= 15 is 0 Å². The van der Waals surface area contributed by atoms with Gasteiger partial charge in [0.2, 0.25) is 0 Å². The maximum absolute atomic E-state index is 11.4. The molecule has 1 aliphatic carbocycles. The molecule has 1 N–H and O–H groups in total. The van der Waals surface area contributed by atoms with E-state index in [0.29, 0.717) is 22.6 Å². The zero-order valence-corrected chi connectivity index (χ0v) is 8.87. The highest BCUT2D eigenvalue weighted by Gasteiger charge is 2.24. The van der Waals surface area contributed by atoms with Crippen molar-refractivity contribution in [3.05, 3.63) is 46.5 Å². The second kappa shape index (κ2) is 4.17. The Morgan fingerprint density at radius 3 is 2.67 bits per heavy atom. The van der Waals surface area contributed by atoms with E-state index in [-0.39, 0.29) is 5.78 Å². The Kier molecular flexibility index (Phi) is 2.89. The predicted molar refractivity (Wildman–Crippen MR) is 58.7 cm³/mol. The molecule has 1 aliphatic rings. The van der Waals surface area contributed by atoms with E-state index in [1.807, 2.05) is 0 Å². The molecule has 0 fully saturated rings. The molecule has 1 aromatic rings. The van der Waals surface area contributed by atoms with Crippen molar-refractivity contribution in [2.24, 2.45) is 0 Å². The van der Waals surface area contributed by atoms with Crippen LogP contribution in [0.2, 0.25) is 5.02 Å². The lowest BCUT2D eigenvalue weighted by Crippen LogP contribution is -2.07. The lowest BCUT2D eigenvalue weighted by Gasteiger charge is -2.12. The van der Waals surface area contributed by atoms with Crippen LogP contribution < -0.4 is 0 Å². The van der Waals surface area contributed by atoms with Crippen molar-refractivity contribution < 1.29 is 9.90 Å². The average Bonchev–Trinajstić information content (AvgIpc) is 2.64. The monoisotopic (exact) mass is 222 g/mol. The van der Waals surface area contributed by atoms with Crippen molar-refractivity contribution >= 4 is 17.4 Å². The number of rotatable bonds is 2. The molecule has 2 rings (SSSR count). The normalized spacial score (nSPS) is 17.7. The zero-order valence-electron chi connectivity index (χ0n) is 8.11. The van der Waals surface area contributed by atoms with Crippen molar-refractivity contribution in [2.45, 2.75) is 18.9 Å². The number of aliphatic hydroxyl groups excluding tert-OH is 1. The first-order chi connectivity index (χ1) is 7.20. The SMILES string of the molecule is O=C1CCC=C1C(O)c1ccccc1Cl. The minimum atomic E-state index is -0.881. The van der Waals surface area contributed by atoms with Gasteiger partial charge in [-0.2, -0.15) is 0 Å². The van der Waals surface area contributed by atoms with E-state index in [2.05, 4.69) is 0 Å². The second-order valence-corrected chi connectivity index (χ2v) is 3.95. The number of allylic oxidation sites excluding steroid dienone is 1. The van der Waals surface area contributed by atoms with Crippen LogP contribution in [-0.2, 0) is 4.79 Å². The molecule has 3 heteroatoms. The molecule has 0 saturated carbocycles. The Hall–Kier alpha value is -1.12. The summed E-state index contributed by atoms with van der Waals surface area (Å²) in [5, 5.41) is 10.5. The van der Waals surface area contributed by atoms with Gasteiger partial charge in [0.25, 0.3) is 0 Å². The van der Waals surface area contributed by atoms with Crippen LogP contribution in [-0.4, -0.2) is 10.9 Å². The predicted octanol–water partition coefficient (Wildman–Crippen LogP) is 2.66. The van der Waals surface area contributed by atoms with Crippen molar-refractivity contribution in [1.82, 2.24) is 0 Å². The average molecular weight is 223 g/mol. The zero-order chi connectivity index (χ0) is 10.8. The fourth-order valence-electron chi connectivity index (χ4n) is 1.75. The molecular formula is C12H11ClO2. The highest BCUT2D eigenvalue weighted by Crippen LogP contribution is 2.31. The highest BCUT2D eigenvalue weighted by atomic mass is 35.5. The molecule has 2 nitrogen and oxygen atoms in total. The molecule has 0 amide bonds. The van der Waals surface area contributed by atoms with Gasteiger partial charge in [0, 0.05) is 22.6 Å². The maximum Gasteiger partial charge on any atom is 0.161 e. The third-order valence-electron chi connectivity index (χ3n) is 2.55. The summed E-state index contributed by atoms with van der Waals surface area (Å²) in [6.07, 6.45) is 2.12. The molecule has 78 valence electrons. The van der Waals surface area contributed by atoms with Gasteiger partial charge in [-0.3, -0.25) is 4.79 Å². The summed E-state index contributed by atoms with van der Waals surface area (Å²) in [5.41, 5.74) is 1.07. The summed E-state index contributed by atoms with van der Waals surface area (Å²) in [7, 11) is 0. The van der Waals surface area contributed by atoms with Crippen LogP contribution in [0, 0.1) is 0 Å². The molecule has 0 aliphatic heterocycles. The van der Waals surface area contributed by atoms with Crippen LogP contribution >= 0.6 is 11.6 Å². The molecular weight excluding hydrogens is 212 g/mol. The highest BCUT2D eigenvalue weighted by molar-refractivity contribution is 6.31. The second-order valence-electron chi connectivity index (χ2n) is 3.55. The molecule has 15 heavy (non-hydrogen) atoms. The Balaban J connectivity index is 2.32. The summed E-state index contributed by atoms with van der Waals surface area (Å²) in [5.74, 6) is 0.0161. The van der Waals surface area contributed by atoms with Crippen molar-refractivity contribution in [3.63, 3.8) is 0 Å². The fraction of sp³-hybridized carbons (Fsp3) is 0.250. The third-order valence-corrected chi connectivity index (χ3v) is 2.90. The Morgan fingerprint density at radius 2 is 2.07 bits per heavy atom. The summed E-state index contributed by atoms with van der Waals surface area (Å²) in [6, 6.07) is 7.04. The minimum absolute atomic E-state index is 0.0161. The Labute approximate surface area is 93.2 Å². The molecule has 0 spiro atoms. The first kappa shape index (κ1) is 10.4. The van der Waals surface area contributed by atoms with Crippen LogP contribution in [0.1, 0.15) is 24.5 Å². The van der Waals surface area contributed by atoms with Gasteiger partial charge in [0.05, 0.1) is 0 Å². The summed E-state index contributed by atoms with van der Waals surface area (Å²) in [4.78, 5) is 11.4. The van der Waals surface area contributed by atoms with Crippen LogP contribution in [0.15, 0.2) is 35.9 Å². The first-order valence-corrected chi connectivity index (χ1v) is 5.23. The Bertz CT molecular complexity index is 423. The quantitative estimate of drug-likeness (QED) is 0.836. The number of hydrogen-bond donors (Lipinski definition) is 1. The topological polar surface area (TPSA) is 37.3 Å². The number of hydrogen-bond acceptors (Lipinski definition) is 2. The van der Waals surface area contributed by atoms with Crippen LogP contribution in [0.4, 0.5) is 0 Å². The maximum atomic E-state index is 11.4. The Morgan fingerprint density at radius 1 is 1.33 bits per heavy atom. The van der Waals surface area contributed by atoms with Crippen molar-refractivity contribution in [2.75, 3.05) is 0 Å². The van der Waals surface area contributed by atoms with Gasteiger partial charge < -0.3 is 5.11 Å². The van der Waals surface area contributed by atoms with E-state index in [0.717, 1.165) is 6.42 Å². The van der Waals surface area contributed by atoms with Crippen molar-refractivity contribution in [3.8, 4) is 0 Å². The van der Waals surface area contributed by atoms with E-state index in [1.165, 1.54) is 0 Å². The standard InChI is InChI=1S/C12H11ClO2/c13-10-6-2-1-4-8(10)12(15)9-5-3-7-11(9)14/h1-2,4-6,12,15H,3,7H2. The van der Waals surface area contributed by atoms with Crippen LogP contribution in [0.3, 0.4) is 0 Å². The fourth-order valence-corrected chi connectivity index (χ4v) is 1.98. The smallest absolute Gasteiger partial charge is 0.161 e. The van der Waals surface area contributed by atoms with E-state index < -0.39 is 6.10 Å². The number of Topliss-reactive ketones (excluding diaryl/α,β-unsaturated/α-hetero) is 1. The van der Waals surface area contributed by atoms with Gasteiger partial charge in [-0.05, 0) is 12.5 Å². The number of aliphatic hydroxyl groups is 1. The minimum Gasteiger partial charge on any atom is -0.383 e. The molecule has 1 aromatic carbocycles. The number of carbonyl (C=O) groups excluding carboxylic acids is 1. The number of benzene rings is 1. The summed E-state index contributed by atoms with van der Waals surface area (Å²) in [6.45, 7) is 0. The van der Waals surface area contributed by atoms with E-state index in [1.54, 1.807) is 30.3 Å². The van der Waals surface area contributed by atoms with Gasteiger partial charge in [0.1, 0.15) is 6.10 Å². The molecule has 1 unspecified atom stereocenters. The lowest BCUT2D eigenvalue weighted by atomic mass is 10.0. The third kappa shape index (κ3) is 1.96. The van der Waals surface area contributed by atoms with Crippen LogP contribution in [0.5, 0.6) is 0 Å². The summed E-state index contributed by atoms with van der Waals surface area (Å²) < 4.78 is 0. The lowest BCUT2D eigenvalue weighted by molar-refractivity contribution is -0.115. The number of carbonyl (C=O) groups is 1. The number of ketones is 1. The molecule has 0 heterocycles. The van der Waals surface area contributed by atoms with E-state index in [9.17, 15) is 9.90 Å². The van der Waals surface area contributed by atoms with Gasteiger partial charge in [-0.1, -0.05) is 35.9 Å². The number of halogens is 1. The first-order valence-electron chi connectivity index (χ1n) is 4.86. The molecule has 0 bridgehead atoms. The molecule has 0 radical (unpaired) electrons.